The maximum absolute atomic E-state index is 5.87. The molecule has 2 aromatic carbocycles. The van der Waals surface area contributed by atoms with Crippen molar-refractivity contribution in [1.82, 2.24) is 0 Å². The maximum atomic E-state index is 5.87. The van der Waals surface area contributed by atoms with Crippen molar-refractivity contribution in [2.75, 3.05) is 7.11 Å². The first-order valence-corrected chi connectivity index (χ1v) is 8.95. The Kier molecular flexibility index (Phi) is 7.91. The molecule has 0 saturated carbocycles. The summed E-state index contributed by atoms with van der Waals surface area (Å²) < 4.78 is 11.1. The Balaban J connectivity index is 2.10. The molecule has 0 aliphatic rings. The van der Waals surface area contributed by atoms with Crippen LogP contribution in [0.1, 0.15) is 35.6 Å². The highest BCUT2D eigenvalue weighted by Crippen LogP contribution is 2.22. The summed E-state index contributed by atoms with van der Waals surface area (Å²) in [6.07, 6.45) is 5.67. The number of rotatable bonds is 10. The number of hydrogen-bond acceptors (Lipinski definition) is 2. The van der Waals surface area contributed by atoms with Crippen LogP contribution in [-0.4, -0.2) is 7.11 Å². The third-order valence-corrected chi connectivity index (χ3v) is 4.13. The van der Waals surface area contributed by atoms with Crippen molar-refractivity contribution in [2.24, 2.45) is 0 Å². The summed E-state index contributed by atoms with van der Waals surface area (Å²) in [5, 5.41) is 0. The Morgan fingerprint density at radius 1 is 1.00 bits per heavy atom. The van der Waals surface area contributed by atoms with E-state index in [0.29, 0.717) is 19.0 Å². The highest BCUT2D eigenvalue weighted by molar-refractivity contribution is 5.69. The SMILES string of the molecule is C=CC/C(=C\C(=C)OCc1cccc(CC)c1)c1cccc(COC)c1. The van der Waals surface area contributed by atoms with E-state index in [4.69, 9.17) is 9.47 Å². The van der Waals surface area contributed by atoms with Gasteiger partial charge >= 0.3 is 0 Å². The summed E-state index contributed by atoms with van der Waals surface area (Å²) in [6.45, 7) is 11.2. The van der Waals surface area contributed by atoms with Gasteiger partial charge in [0.15, 0.2) is 0 Å². The van der Waals surface area contributed by atoms with Gasteiger partial charge in [0.05, 0.1) is 6.61 Å². The van der Waals surface area contributed by atoms with E-state index in [2.05, 4.69) is 62.5 Å². The monoisotopic (exact) mass is 348 g/mol. The molecule has 0 atom stereocenters. The molecule has 0 aliphatic heterocycles. The largest absolute Gasteiger partial charge is 0.490 e. The van der Waals surface area contributed by atoms with Crippen molar-refractivity contribution in [2.45, 2.75) is 33.0 Å². The third-order valence-electron chi connectivity index (χ3n) is 4.13. The fourth-order valence-electron chi connectivity index (χ4n) is 2.79. The maximum Gasteiger partial charge on any atom is 0.113 e. The second-order valence-electron chi connectivity index (χ2n) is 6.22. The molecule has 2 aromatic rings. The Labute approximate surface area is 157 Å². The van der Waals surface area contributed by atoms with Gasteiger partial charge < -0.3 is 9.47 Å². The van der Waals surface area contributed by atoms with Crippen LogP contribution in [0.15, 0.2) is 79.6 Å². The van der Waals surface area contributed by atoms with E-state index in [0.717, 1.165) is 35.1 Å². The summed E-state index contributed by atoms with van der Waals surface area (Å²) in [6, 6.07) is 16.8. The molecule has 0 spiro atoms. The van der Waals surface area contributed by atoms with E-state index in [1.807, 2.05) is 18.2 Å². The minimum atomic E-state index is 0.522. The van der Waals surface area contributed by atoms with Crippen LogP contribution in [-0.2, 0) is 29.1 Å². The molecule has 0 amide bonds. The van der Waals surface area contributed by atoms with Crippen molar-refractivity contribution in [3.05, 3.63) is 102 Å². The lowest BCUT2D eigenvalue weighted by atomic mass is 10.00. The van der Waals surface area contributed by atoms with Crippen LogP contribution in [0.3, 0.4) is 0 Å². The van der Waals surface area contributed by atoms with E-state index in [1.165, 1.54) is 5.56 Å². The van der Waals surface area contributed by atoms with E-state index in [9.17, 15) is 0 Å². The van der Waals surface area contributed by atoms with Crippen molar-refractivity contribution in [1.29, 1.82) is 0 Å². The average Bonchev–Trinajstić information content (AvgIpc) is 2.67. The predicted octanol–water partition coefficient (Wildman–Crippen LogP) is 6.09. The summed E-state index contributed by atoms with van der Waals surface area (Å²) in [5.41, 5.74) is 5.88. The summed E-state index contributed by atoms with van der Waals surface area (Å²) >= 11 is 0. The molecule has 0 N–H and O–H groups in total. The van der Waals surface area contributed by atoms with Gasteiger partial charge in [-0.1, -0.05) is 62.0 Å². The number of methoxy groups -OCH3 is 1. The first-order chi connectivity index (χ1) is 12.7. The van der Waals surface area contributed by atoms with Gasteiger partial charge in [-0.05, 0) is 52.8 Å². The highest BCUT2D eigenvalue weighted by atomic mass is 16.5. The van der Waals surface area contributed by atoms with Crippen LogP contribution in [0.5, 0.6) is 0 Å². The average molecular weight is 348 g/mol. The topological polar surface area (TPSA) is 18.5 Å². The van der Waals surface area contributed by atoms with E-state index in [-0.39, 0.29) is 0 Å². The number of allylic oxidation sites excluding steroid dienone is 3. The zero-order chi connectivity index (χ0) is 18.8. The Morgan fingerprint density at radius 3 is 2.38 bits per heavy atom. The van der Waals surface area contributed by atoms with Gasteiger partial charge in [-0.25, -0.2) is 0 Å². The Bertz CT molecular complexity index is 771. The van der Waals surface area contributed by atoms with Gasteiger partial charge in [0.1, 0.15) is 12.4 Å². The summed E-state index contributed by atoms with van der Waals surface area (Å²) in [5.74, 6) is 0.654. The molecule has 0 aliphatic carbocycles. The Morgan fingerprint density at radius 2 is 1.69 bits per heavy atom. The van der Waals surface area contributed by atoms with Crippen molar-refractivity contribution in [3.63, 3.8) is 0 Å². The minimum absolute atomic E-state index is 0.522. The Hall–Kier alpha value is -2.58. The van der Waals surface area contributed by atoms with Crippen LogP contribution in [0.2, 0.25) is 0 Å². The van der Waals surface area contributed by atoms with E-state index >= 15 is 0 Å². The molecule has 2 heteroatoms. The first-order valence-electron chi connectivity index (χ1n) is 8.95. The number of benzene rings is 2. The highest BCUT2D eigenvalue weighted by Gasteiger charge is 2.04. The molecule has 2 nitrogen and oxygen atoms in total. The normalized spacial score (nSPS) is 11.2. The molecule has 0 heterocycles. The fraction of sp³-hybridized carbons (Fsp3) is 0.250. The zero-order valence-corrected chi connectivity index (χ0v) is 15.8. The summed E-state index contributed by atoms with van der Waals surface area (Å²) in [4.78, 5) is 0. The molecular weight excluding hydrogens is 320 g/mol. The van der Waals surface area contributed by atoms with Gasteiger partial charge in [0, 0.05) is 7.11 Å². The van der Waals surface area contributed by atoms with Crippen LogP contribution in [0.4, 0.5) is 0 Å². The van der Waals surface area contributed by atoms with Crippen LogP contribution in [0.25, 0.3) is 5.57 Å². The number of hydrogen-bond donors (Lipinski definition) is 0. The lowest BCUT2D eigenvalue weighted by Crippen LogP contribution is -1.94. The van der Waals surface area contributed by atoms with Gasteiger partial charge in [0.2, 0.25) is 0 Å². The quantitative estimate of drug-likeness (QED) is 0.294. The van der Waals surface area contributed by atoms with Gasteiger partial charge in [-0.3, -0.25) is 0 Å². The van der Waals surface area contributed by atoms with Crippen LogP contribution >= 0.6 is 0 Å². The molecule has 26 heavy (non-hydrogen) atoms. The second kappa shape index (κ2) is 10.4. The molecule has 0 unspecified atom stereocenters. The minimum Gasteiger partial charge on any atom is -0.490 e. The number of aryl methyl sites for hydroxylation is 1. The molecule has 0 radical (unpaired) electrons. The lowest BCUT2D eigenvalue weighted by molar-refractivity contribution is 0.185. The molecular formula is C24H28O2. The molecule has 0 fully saturated rings. The standard InChI is InChI=1S/C24H28O2/c1-5-9-23(24-13-8-12-22(16-24)17-25-4)14-19(3)26-18-21-11-7-10-20(6-2)15-21/h5,7-8,10-16H,1,3,6,9,17-18H2,2,4H3/b23-14+. The smallest absolute Gasteiger partial charge is 0.113 e. The molecule has 0 aromatic heterocycles. The first kappa shape index (κ1) is 19.7. The fourth-order valence-corrected chi connectivity index (χ4v) is 2.79. The predicted molar refractivity (Wildman–Crippen MR) is 110 cm³/mol. The van der Waals surface area contributed by atoms with Crippen LogP contribution in [0, 0.1) is 0 Å². The molecule has 136 valence electrons. The number of ether oxygens (including phenoxy) is 2. The molecule has 2 rings (SSSR count). The van der Waals surface area contributed by atoms with Crippen LogP contribution < -0.4 is 0 Å². The van der Waals surface area contributed by atoms with Gasteiger partial charge in [0.25, 0.3) is 0 Å². The third kappa shape index (κ3) is 6.05. The van der Waals surface area contributed by atoms with Gasteiger partial charge in [-0.15, -0.1) is 6.58 Å². The molecule has 0 saturated heterocycles. The van der Waals surface area contributed by atoms with E-state index < -0.39 is 0 Å². The zero-order valence-electron chi connectivity index (χ0n) is 15.8. The van der Waals surface area contributed by atoms with Crippen molar-refractivity contribution < 1.29 is 9.47 Å². The summed E-state index contributed by atoms with van der Waals surface area (Å²) in [7, 11) is 1.70. The van der Waals surface area contributed by atoms with Crippen molar-refractivity contribution in [3.8, 4) is 0 Å². The lowest BCUT2D eigenvalue weighted by Gasteiger charge is -2.11. The second-order valence-corrected chi connectivity index (χ2v) is 6.22. The van der Waals surface area contributed by atoms with Crippen molar-refractivity contribution >= 4 is 5.57 Å². The van der Waals surface area contributed by atoms with Gasteiger partial charge in [-0.2, -0.15) is 0 Å². The van der Waals surface area contributed by atoms with E-state index in [1.54, 1.807) is 7.11 Å². The molecule has 0 bridgehead atoms.